The Labute approximate surface area is 141 Å². The summed E-state index contributed by atoms with van der Waals surface area (Å²) >= 11 is 0. The molecule has 1 heterocycles. The molecule has 2 amide bonds. The predicted molar refractivity (Wildman–Crippen MR) is 90.5 cm³/mol. The second-order valence-electron chi connectivity index (χ2n) is 7.01. The van der Waals surface area contributed by atoms with Crippen molar-refractivity contribution in [2.45, 2.75) is 64.3 Å². The lowest BCUT2D eigenvalue weighted by molar-refractivity contribution is -0.124. The van der Waals surface area contributed by atoms with Crippen LogP contribution in [0.15, 0.2) is 10.9 Å². The zero-order chi connectivity index (χ0) is 17.7. The van der Waals surface area contributed by atoms with E-state index >= 15 is 0 Å². The van der Waals surface area contributed by atoms with Crippen LogP contribution in [0.1, 0.15) is 68.6 Å². The molecule has 7 heteroatoms. The Kier molecular flexibility index (Phi) is 5.75. The van der Waals surface area contributed by atoms with Gasteiger partial charge in [-0.3, -0.25) is 9.59 Å². The molecular weight excluding hydrogens is 308 g/mol. The highest BCUT2D eigenvalue weighted by molar-refractivity contribution is 5.97. The highest BCUT2D eigenvalue weighted by atomic mass is 16.2. The summed E-state index contributed by atoms with van der Waals surface area (Å²) in [4.78, 5) is 42.7. The van der Waals surface area contributed by atoms with E-state index in [0.717, 1.165) is 25.7 Å². The Morgan fingerprint density at radius 3 is 2.46 bits per heavy atom. The maximum atomic E-state index is 12.6. The summed E-state index contributed by atoms with van der Waals surface area (Å²) in [5.74, 6) is -0.713. The average molecular weight is 334 g/mol. The standard InChI is InChI=1S/C17H26N4O3/c1-11(2)9-12-10-13(20-16(24)19-12)14(22)21-17(15(18)23)7-5-3-4-6-8-17/h10-11H,3-9H2,1-2H3,(H2,18,23)(H,21,22)(H,19,20,24). The van der Waals surface area contributed by atoms with Crippen LogP contribution < -0.4 is 16.7 Å². The first kappa shape index (κ1) is 18.2. The van der Waals surface area contributed by atoms with Crippen LogP contribution in [0.3, 0.4) is 0 Å². The molecular formula is C17H26N4O3. The number of rotatable bonds is 5. The topological polar surface area (TPSA) is 118 Å². The van der Waals surface area contributed by atoms with E-state index in [2.05, 4.69) is 15.3 Å². The third-order valence-corrected chi connectivity index (χ3v) is 4.44. The molecule has 0 radical (unpaired) electrons. The monoisotopic (exact) mass is 334 g/mol. The Hall–Kier alpha value is -2.18. The number of carbonyl (C=O) groups is 2. The number of aromatic amines is 1. The maximum Gasteiger partial charge on any atom is 0.345 e. The van der Waals surface area contributed by atoms with Gasteiger partial charge >= 0.3 is 5.69 Å². The fourth-order valence-electron chi connectivity index (χ4n) is 3.22. The van der Waals surface area contributed by atoms with E-state index in [-0.39, 0.29) is 5.69 Å². The van der Waals surface area contributed by atoms with Crippen LogP contribution in [-0.4, -0.2) is 27.3 Å². The number of aromatic nitrogens is 2. The number of hydrogen-bond acceptors (Lipinski definition) is 4. The van der Waals surface area contributed by atoms with Gasteiger partial charge in [-0.1, -0.05) is 39.5 Å². The summed E-state index contributed by atoms with van der Waals surface area (Å²) in [5, 5.41) is 2.77. The van der Waals surface area contributed by atoms with Crippen LogP contribution in [0, 0.1) is 5.92 Å². The molecule has 1 saturated carbocycles. The number of H-pyrrole nitrogens is 1. The molecule has 1 aliphatic carbocycles. The molecule has 4 N–H and O–H groups in total. The summed E-state index contributed by atoms with van der Waals surface area (Å²) in [7, 11) is 0. The normalized spacial score (nSPS) is 17.3. The summed E-state index contributed by atoms with van der Waals surface area (Å²) in [5.41, 5.74) is 4.66. The smallest absolute Gasteiger partial charge is 0.345 e. The second-order valence-corrected chi connectivity index (χ2v) is 7.01. The van der Waals surface area contributed by atoms with Crippen molar-refractivity contribution in [3.63, 3.8) is 0 Å². The molecule has 1 aromatic heterocycles. The molecule has 1 aliphatic rings. The van der Waals surface area contributed by atoms with Crippen molar-refractivity contribution in [1.29, 1.82) is 0 Å². The van der Waals surface area contributed by atoms with Crippen molar-refractivity contribution < 1.29 is 9.59 Å². The van der Waals surface area contributed by atoms with E-state index in [1.54, 1.807) is 6.07 Å². The largest absolute Gasteiger partial charge is 0.368 e. The highest BCUT2D eigenvalue weighted by Crippen LogP contribution is 2.27. The van der Waals surface area contributed by atoms with E-state index in [1.165, 1.54) is 0 Å². The van der Waals surface area contributed by atoms with Gasteiger partial charge in [-0.2, -0.15) is 4.98 Å². The van der Waals surface area contributed by atoms with Gasteiger partial charge in [0.25, 0.3) is 5.91 Å². The van der Waals surface area contributed by atoms with Crippen molar-refractivity contribution in [1.82, 2.24) is 15.3 Å². The van der Waals surface area contributed by atoms with Crippen LogP contribution in [0.2, 0.25) is 0 Å². The fraction of sp³-hybridized carbons (Fsp3) is 0.647. The van der Waals surface area contributed by atoms with Gasteiger partial charge in [0.05, 0.1) is 0 Å². The summed E-state index contributed by atoms with van der Waals surface area (Å²) in [6, 6.07) is 1.57. The van der Waals surface area contributed by atoms with Gasteiger partial charge in [0.1, 0.15) is 11.2 Å². The SMILES string of the molecule is CC(C)Cc1cc(C(=O)NC2(C(N)=O)CCCCCC2)nc(=O)[nH]1. The number of nitrogens with two attached hydrogens (primary N) is 1. The van der Waals surface area contributed by atoms with Crippen molar-refractivity contribution in [2.24, 2.45) is 11.7 Å². The molecule has 2 rings (SSSR count). The predicted octanol–water partition coefficient (Wildman–Crippen LogP) is 1.28. The molecule has 0 aliphatic heterocycles. The van der Waals surface area contributed by atoms with Crippen LogP contribution in [0.4, 0.5) is 0 Å². The van der Waals surface area contributed by atoms with Crippen molar-refractivity contribution >= 4 is 11.8 Å². The van der Waals surface area contributed by atoms with Gasteiger partial charge < -0.3 is 16.0 Å². The van der Waals surface area contributed by atoms with Gasteiger partial charge in [0.15, 0.2) is 0 Å². The lowest BCUT2D eigenvalue weighted by Crippen LogP contribution is -2.57. The molecule has 0 spiro atoms. The number of amides is 2. The lowest BCUT2D eigenvalue weighted by atomic mass is 9.89. The molecule has 24 heavy (non-hydrogen) atoms. The van der Waals surface area contributed by atoms with E-state index in [0.29, 0.717) is 30.9 Å². The van der Waals surface area contributed by atoms with Crippen molar-refractivity contribution in [3.8, 4) is 0 Å². The molecule has 1 fully saturated rings. The molecule has 0 aromatic carbocycles. The zero-order valence-electron chi connectivity index (χ0n) is 14.4. The minimum absolute atomic E-state index is 0.0271. The van der Waals surface area contributed by atoms with E-state index < -0.39 is 23.0 Å². The molecule has 0 bridgehead atoms. The Morgan fingerprint density at radius 2 is 1.92 bits per heavy atom. The van der Waals surface area contributed by atoms with Crippen LogP contribution in [0.5, 0.6) is 0 Å². The van der Waals surface area contributed by atoms with E-state index in [4.69, 9.17) is 5.73 Å². The summed E-state index contributed by atoms with van der Waals surface area (Å²) in [6.07, 6.45) is 5.40. The average Bonchev–Trinajstić information content (AvgIpc) is 2.72. The zero-order valence-corrected chi connectivity index (χ0v) is 14.4. The van der Waals surface area contributed by atoms with Crippen LogP contribution in [0.25, 0.3) is 0 Å². The highest BCUT2D eigenvalue weighted by Gasteiger charge is 2.38. The number of carbonyl (C=O) groups excluding carboxylic acids is 2. The minimum Gasteiger partial charge on any atom is -0.368 e. The summed E-state index contributed by atoms with van der Waals surface area (Å²) in [6.45, 7) is 4.04. The fourth-order valence-corrected chi connectivity index (χ4v) is 3.22. The molecule has 0 saturated heterocycles. The lowest BCUT2D eigenvalue weighted by Gasteiger charge is -2.30. The molecule has 0 unspecified atom stereocenters. The maximum absolute atomic E-state index is 12.6. The summed E-state index contributed by atoms with van der Waals surface area (Å²) < 4.78 is 0. The first-order chi connectivity index (χ1) is 11.3. The van der Waals surface area contributed by atoms with Crippen LogP contribution >= 0.6 is 0 Å². The Morgan fingerprint density at radius 1 is 1.29 bits per heavy atom. The molecule has 1 aromatic rings. The van der Waals surface area contributed by atoms with Crippen LogP contribution in [-0.2, 0) is 11.2 Å². The van der Waals surface area contributed by atoms with Crippen molar-refractivity contribution in [3.05, 3.63) is 27.9 Å². The first-order valence-corrected chi connectivity index (χ1v) is 8.55. The quantitative estimate of drug-likeness (QED) is 0.703. The van der Waals surface area contributed by atoms with E-state index in [1.807, 2.05) is 13.8 Å². The van der Waals surface area contributed by atoms with Gasteiger partial charge in [-0.25, -0.2) is 4.79 Å². The second kappa shape index (κ2) is 7.59. The molecule has 132 valence electrons. The first-order valence-electron chi connectivity index (χ1n) is 8.55. The Bertz CT molecular complexity index is 658. The van der Waals surface area contributed by atoms with E-state index in [9.17, 15) is 14.4 Å². The molecule has 0 atom stereocenters. The van der Waals surface area contributed by atoms with Gasteiger partial charge in [-0.15, -0.1) is 0 Å². The number of primary amides is 1. The van der Waals surface area contributed by atoms with Crippen molar-refractivity contribution in [2.75, 3.05) is 0 Å². The molecule has 7 nitrogen and oxygen atoms in total. The third kappa shape index (κ3) is 4.43. The number of nitrogens with one attached hydrogen (secondary N) is 2. The Balaban J connectivity index is 2.25. The minimum atomic E-state index is -1.05. The third-order valence-electron chi connectivity index (χ3n) is 4.44. The number of nitrogens with zero attached hydrogens (tertiary/aromatic N) is 1. The van der Waals surface area contributed by atoms with Gasteiger partial charge in [0, 0.05) is 5.69 Å². The van der Waals surface area contributed by atoms with Gasteiger partial charge in [-0.05, 0) is 31.2 Å². The number of hydrogen-bond donors (Lipinski definition) is 3. The van der Waals surface area contributed by atoms with Gasteiger partial charge in [0.2, 0.25) is 5.91 Å².